The predicted molar refractivity (Wildman–Crippen MR) is 82.1 cm³/mol. The zero-order valence-electron chi connectivity index (χ0n) is 12.7. The number of rotatable bonds is 3. The molecule has 4 nitrogen and oxygen atoms in total. The van der Waals surface area contributed by atoms with E-state index in [1.165, 1.54) is 24.0 Å². The molecular weight excluding hydrogens is 262 g/mol. The Kier molecular flexibility index (Phi) is 3.78. The number of amides is 1. The van der Waals surface area contributed by atoms with Gasteiger partial charge in [0.15, 0.2) is 0 Å². The van der Waals surface area contributed by atoms with Gasteiger partial charge in [-0.25, -0.2) is 0 Å². The Morgan fingerprint density at radius 1 is 1.29 bits per heavy atom. The second-order valence-electron chi connectivity index (χ2n) is 5.87. The molecule has 0 atom stereocenters. The summed E-state index contributed by atoms with van der Waals surface area (Å²) in [6, 6.07) is 6.17. The molecule has 0 unspecified atom stereocenters. The van der Waals surface area contributed by atoms with Crippen LogP contribution in [0.5, 0.6) is 0 Å². The summed E-state index contributed by atoms with van der Waals surface area (Å²) in [6.45, 7) is 0.587. The highest BCUT2D eigenvalue weighted by Gasteiger charge is 2.16. The lowest BCUT2D eigenvalue weighted by molar-refractivity contribution is 0.0785. The van der Waals surface area contributed by atoms with Gasteiger partial charge in [0, 0.05) is 38.0 Å². The van der Waals surface area contributed by atoms with Gasteiger partial charge in [0.1, 0.15) is 0 Å². The molecule has 110 valence electrons. The predicted octanol–water partition coefficient (Wildman–Crippen LogP) is 2.57. The average Bonchev–Trinajstić information content (AvgIpc) is 2.91. The number of hydrogen-bond acceptors (Lipinski definition) is 2. The van der Waals surface area contributed by atoms with Crippen LogP contribution < -0.4 is 0 Å². The molecule has 0 saturated heterocycles. The molecule has 4 heteroatoms. The van der Waals surface area contributed by atoms with E-state index in [4.69, 9.17) is 0 Å². The summed E-state index contributed by atoms with van der Waals surface area (Å²) in [7, 11) is 3.73. The van der Waals surface area contributed by atoms with Gasteiger partial charge >= 0.3 is 0 Å². The average molecular weight is 283 g/mol. The second-order valence-corrected chi connectivity index (χ2v) is 5.87. The fourth-order valence-corrected chi connectivity index (χ4v) is 2.99. The number of aryl methyl sites for hydroxylation is 3. The highest BCUT2D eigenvalue weighted by atomic mass is 16.2. The Morgan fingerprint density at radius 3 is 2.76 bits per heavy atom. The quantitative estimate of drug-likeness (QED) is 0.868. The fourth-order valence-electron chi connectivity index (χ4n) is 2.99. The SMILES string of the molecule is CN(Cc1cnn(C)c1)C(=O)c1ccc2c(c1)CCCC2. The third kappa shape index (κ3) is 2.99. The Labute approximate surface area is 125 Å². The second kappa shape index (κ2) is 5.72. The van der Waals surface area contributed by atoms with E-state index in [1.54, 1.807) is 15.8 Å². The molecule has 1 aliphatic rings. The van der Waals surface area contributed by atoms with Crippen LogP contribution in [0.3, 0.4) is 0 Å². The van der Waals surface area contributed by atoms with Crippen molar-refractivity contribution in [2.24, 2.45) is 7.05 Å². The van der Waals surface area contributed by atoms with Crippen molar-refractivity contribution in [1.82, 2.24) is 14.7 Å². The normalized spacial score (nSPS) is 13.8. The number of fused-ring (bicyclic) bond motifs is 1. The van der Waals surface area contributed by atoms with Gasteiger partial charge in [-0.1, -0.05) is 6.07 Å². The van der Waals surface area contributed by atoms with E-state index in [1.807, 2.05) is 26.4 Å². The van der Waals surface area contributed by atoms with Gasteiger partial charge < -0.3 is 4.90 Å². The van der Waals surface area contributed by atoms with E-state index < -0.39 is 0 Å². The van der Waals surface area contributed by atoms with Crippen LogP contribution >= 0.6 is 0 Å². The minimum absolute atomic E-state index is 0.0761. The summed E-state index contributed by atoms with van der Waals surface area (Å²) in [5, 5.41) is 4.14. The van der Waals surface area contributed by atoms with E-state index in [2.05, 4.69) is 17.2 Å². The number of carbonyl (C=O) groups excluding carboxylic acids is 1. The molecule has 21 heavy (non-hydrogen) atoms. The van der Waals surface area contributed by atoms with Crippen LogP contribution in [0.1, 0.15) is 39.9 Å². The molecule has 1 heterocycles. The zero-order valence-corrected chi connectivity index (χ0v) is 12.7. The number of benzene rings is 1. The summed E-state index contributed by atoms with van der Waals surface area (Å²) in [6.07, 6.45) is 8.49. The van der Waals surface area contributed by atoms with Crippen LogP contribution in [-0.4, -0.2) is 27.6 Å². The minimum Gasteiger partial charge on any atom is -0.337 e. The highest BCUT2D eigenvalue weighted by Crippen LogP contribution is 2.22. The van der Waals surface area contributed by atoms with E-state index in [9.17, 15) is 4.79 Å². The molecular formula is C17H21N3O. The summed E-state index contributed by atoms with van der Waals surface area (Å²) in [5.41, 5.74) is 4.60. The van der Waals surface area contributed by atoms with Crippen LogP contribution in [0.25, 0.3) is 0 Å². The summed E-state index contributed by atoms with van der Waals surface area (Å²) >= 11 is 0. The molecule has 1 aromatic heterocycles. The van der Waals surface area contributed by atoms with Crippen LogP contribution in [0.4, 0.5) is 0 Å². The third-order valence-corrected chi connectivity index (χ3v) is 4.12. The van der Waals surface area contributed by atoms with E-state index in [0.29, 0.717) is 6.54 Å². The van der Waals surface area contributed by atoms with E-state index in [-0.39, 0.29) is 5.91 Å². The molecule has 3 rings (SSSR count). The molecule has 1 aromatic carbocycles. The largest absolute Gasteiger partial charge is 0.337 e. The first-order valence-electron chi connectivity index (χ1n) is 7.48. The summed E-state index contributed by atoms with van der Waals surface area (Å²) in [5.74, 6) is 0.0761. The first kappa shape index (κ1) is 13.9. The molecule has 0 aliphatic heterocycles. The van der Waals surface area contributed by atoms with Crippen molar-refractivity contribution in [2.45, 2.75) is 32.2 Å². The van der Waals surface area contributed by atoms with Crippen molar-refractivity contribution in [1.29, 1.82) is 0 Å². The van der Waals surface area contributed by atoms with Gasteiger partial charge in [-0.3, -0.25) is 9.48 Å². The molecule has 0 bridgehead atoms. The Hall–Kier alpha value is -2.10. The lowest BCUT2D eigenvalue weighted by Crippen LogP contribution is -2.26. The van der Waals surface area contributed by atoms with Gasteiger partial charge in [0.2, 0.25) is 0 Å². The summed E-state index contributed by atoms with van der Waals surface area (Å²) in [4.78, 5) is 14.3. The van der Waals surface area contributed by atoms with Crippen molar-refractivity contribution in [2.75, 3.05) is 7.05 Å². The van der Waals surface area contributed by atoms with Gasteiger partial charge in [0.05, 0.1) is 6.20 Å². The molecule has 0 radical (unpaired) electrons. The van der Waals surface area contributed by atoms with Crippen molar-refractivity contribution < 1.29 is 4.79 Å². The number of carbonyl (C=O) groups is 1. The van der Waals surface area contributed by atoms with Crippen molar-refractivity contribution >= 4 is 5.91 Å². The number of hydrogen-bond donors (Lipinski definition) is 0. The maximum atomic E-state index is 12.5. The first-order valence-corrected chi connectivity index (χ1v) is 7.48. The lowest BCUT2D eigenvalue weighted by Gasteiger charge is -2.19. The Balaban J connectivity index is 1.75. The van der Waals surface area contributed by atoms with Gasteiger partial charge in [0.25, 0.3) is 5.91 Å². The topological polar surface area (TPSA) is 38.1 Å². The number of nitrogens with zero attached hydrogens (tertiary/aromatic N) is 3. The molecule has 2 aromatic rings. The fraction of sp³-hybridized carbons (Fsp3) is 0.412. The Bertz CT molecular complexity index is 660. The minimum atomic E-state index is 0.0761. The van der Waals surface area contributed by atoms with Gasteiger partial charge in [-0.05, 0) is 48.9 Å². The van der Waals surface area contributed by atoms with Gasteiger partial charge in [-0.2, -0.15) is 5.10 Å². The molecule has 0 N–H and O–H groups in total. The molecule has 1 amide bonds. The maximum Gasteiger partial charge on any atom is 0.253 e. The third-order valence-electron chi connectivity index (χ3n) is 4.12. The monoisotopic (exact) mass is 283 g/mol. The number of aromatic nitrogens is 2. The highest BCUT2D eigenvalue weighted by molar-refractivity contribution is 5.94. The lowest BCUT2D eigenvalue weighted by atomic mass is 9.90. The van der Waals surface area contributed by atoms with E-state index >= 15 is 0 Å². The van der Waals surface area contributed by atoms with E-state index in [0.717, 1.165) is 24.0 Å². The zero-order chi connectivity index (χ0) is 14.8. The standard InChI is InChI=1S/C17H21N3O/c1-19(11-13-10-18-20(2)12-13)17(21)16-8-7-14-5-3-4-6-15(14)9-16/h7-10,12H,3-6,11H2,1-2H3. The van der Waals surface area contributed by atoms with Crippen LogP contribution in [0, 0.1) is 0 Å². The maximum absolute atomic E-state index is 12.5. The Morgan fingerprint density at radius 2 is 2.05 bits per heavy atom. The smallest absolute Gasteiger partial charge is 0.253 e. The molecule has 0 fully saturated rings. The molecule has 1 aliphatic carbocycles. The van der Waals surface area contributed by atoms with Gasteiger partial charge in [-0.15, -0.1) is 0 Å². The van der Waals surface area contributed by atoms with Crippen LogP contribution in [-0.2, 0) is 26.4 Å². The molecule has 0 spiro atoms. The van der Waals surface area contributed by atoms with Crippen LogP contribution in [0.2, 0.25) is 0 Å². The van der Waals surface area contributed by atoms with Crippen molar-refractivity contribution in [3.63, 3.8) is 0 Å². The van der Waals surface area contributed by atoms with Crippen molar-refractivity contribution in [3.8, 4) is 0 Å². The molecule has 0 saturated carbocycles. The van der Waals surface area contributed by atoms with Crippen molar-refractivity contribution in [3.05, 3.63) is 52.8 Å². The van der Waals surface area contributed by atoms with Crippen LogP contribution in [0.15, 0.2) is 30.6 Å². The summed E-state index contributed by atoms with van der Waals surface area (Å²) < 4.78 is 1.76. The first-order chi connectivity index (χ1) is 10.1.